The lowest BCUT2D eigenvalue weighted by atomic mass is 9.82. The van der Waals surface area contributed by atoms with Crippen LogP contribution in [-0.4, -0.2) is 41.0 Å². The van der Waals surface area contributed by atoms with Gasteiger partial charge in [-0.2, -0.15) is 13.2 Å². The van der Waals surface area contributed by atoms with Gasteiger partial charge in [-0.15, -0.1) is 0 Å². The number of rotatable bonds is 6. The molecule has 42 heavy (non-hydrogen) atoms. The van der Waals surface area contributed by atoms with Crippen molar-refractivity contribution in [2.45, 2.75) is 63.1 Å². The first-order chi connectivity index (χ1) is 20.3. The van der Waals surface area contributed by atoms with Crippen molar-refractivity contribution >= 4 is 17.4 Å². The number of benzene rings is 1. The van der Waals surface area contributed by atoms with Crippen molar-refractivity contribution in [3.63, 3.8) is 0 Å². The lowest BCUT2D eigenvalue weighted by molar-refractivity contribution is -0.169. The number of nitrogens with one attached hydrogen (secondary N) is 1. The fourth-order valence-electron chi connectivity index (χ4n) is 6.12. The number of hydrogen-bond donors (Lipinski definition) is 2. The maximum atomic E-state index is 14.5. The summed E-state index contributed by atoms with van der Waals surface area (Å²) in [4.78, 5) is 28.7. The number of amidine groups is 1. The Morgan fingerprint density at radius 1 is 1.07 bits per heavy atom. The minimum absolute atomic E-state index is 0.0677. The standard InChI is InChI=1S/C32H35F3N6O/c33-32(34,35)25-17-26(42)39-31(40-29(21-7-3-1-4-8-21)22-9-5-2-6-10-22)27(25)28(36)20-13-15-41(16-14-20)24-18-37-30(38-19-24)23-11-12-23/h1-5,7-9,18-20,23,25,29H,6,10-17,36H2,(H,39,40,42). The van der Waals surface area contributed by atoms with E-state index in [0.29, 0.717) is 31.8 Å². The third kappa shape index (κ3) is 6.12. The first-order valence-corrected chi connectivity index (χ1v) is 14.7. The molecule has 1 amide bonds. The molecule has 1 aromatic carbocycles. The summed E-state index contributed by atoms with van der Waals surface area (Å²) in [5.74, 6) is -1.72. The molecule has 2 aliphatic heterocycles. The summed E-state index contributed by atoms with van der Waals surface area (Å²) >= 11 is 0. The zero-order chi connectivity index (χ0) is 29.3. The van der Waals surface area contributed by atoms with Gasteiger partial charge in [-0.1, -0.05) is 48.6 Å². The summed E-state index contributed by atoms with van der Waals surface area (Å²) < 4.78 is 43.5. The zero-order valence-corrected chi connectivity index (χ0v) is 23.4. The van der Waals surface area contributed by atoms with Crippen molar-refractivity contribution in [1.29, 1.82) is 0 Å². The Labute approximate surface area is 243 Å². The molecule has 2 atom stereocenters. The smallest absolute Gasteiger partial charge is 0.396 e. The van der Waals surface area contributed by atoms with Gasteiger partial charge < -0.3 is 16.0 Å². The predicted molar refractivity (Wildman–Crippen MR) is 156 cm³/mol. The zero-order valence-electron chi connectivity index (χ0n) is 23.4. The van der Waals surface area contributed by atoms with Crippen LogP contribution >= 0.6 is 0 Å². The van der Waals surface area contributed by atoms with E-state index in [4.69, 9.17) is 10.7 Å². The Balaban J connectivity index is 1.32. The molecule has 2 aromatic rings. The van der Waals surface area contributed by atoms with Crippen LogP contribution in [0.15, 0.2) is 82.8 Å². The molecule has 220 valence electrons. The number of aliphatic imine (C=N–C) groups is 1. The van der Waals surface area contributed by atoms with E-state index in [1.54, 1.807) is 0 Å². The molecule has 0 spiro atoms. The van der Waals surface area contributed by atoms with Gasteiger partial charge in [0.05, 0.1) is 30.0 Å². The van der Waals surface area contributed by atoms with E-state index in [0.717, 1.165) is 48.3 Å². The van der Waals surface area contributed by atoms with Gasteiger partial charge >= 0.3 is 6.18 Å². The van der Waals surface area contributed by atoms with Gasteiger partial charge in [0.15, 0.2) is 0 Å². The Bertz CT molecular complexity index is 1420. The molecule has 6 rings (SSSR count). The SMILES string of the molecule is NC(=C1C(=NC(C2=CC=CCC2)c2ccccc2)NC(=O)CC1C(F)(F)F)C1CCN(c2cnc(C3CC3)nc2)CC1. The van der Waals surface area contributed by atoms with E-state index >= 15 is 0 Å². The highest BCUT2D eigenvalue weighted by Gasteiger charge is 2.49. The molecule has 2 unspecified atom stereocenters. The molecule has 2 aliphatic carbocycles. The van der Waals surface area contributed by atoms with E-state index in [9.17, 15) is 18.0 Å². The van der Waals surface area contributed by atoms with Crippen LogP contribution < -0.4 is 16.0 Å². The van der Waals surface area contributed by atoms with Gasteiger partial charge in [0.2, 0.25) is 5.91 Å². The average molecular weight is 577 g/mol. The first-order valence-electron chi connectivity index (χ1n) is 14.7. The van der Waals surface area contributed by atoms with Crippen molar-refractivity contribution in [1.82, 2.24) is 15.3 Å². The molecule has 1 aromatic heterocycles. The average Bonchev–Trinajstić information content (AvgIpc) is 3.86. The highest BCUT2D eigenvalue weighted by Crippen LogP contribution is 2.42. The van der Waals surface area contributed by atoms with Crippen molar-refractivity contribution in [2.24, 2.45) is 22.6 Å². The van der Waals surface area contributed by atoms with E-state index in [1.807, 2.05) is 61.0 Å². The van der Waals surface area contributed by atoms with Gasteiger partial charge in [-0.05, 0) is 49.7 Å². The maximum Gasteiger partial charge on any atom is 0.396 e. The van der Waals surface area contributed by atoms with Crippen LogP contribution in [0.25, 0.3) is 0 Å². The number of alkyl halides is 3. The Hall–Kier alpha value is -3.95. The fourth-order valence-corrected chi connectivity index (χ4v) is 6.12. The Morgan fingerprint density at radius 2 is 1.79 bits per heavy atom. The molecule has 3 N–H and O–H groups in total. The van der Waals surface area contributed by atoms with Crippen LogP contribution in [0.1, 0.15) is 68.3 Å². The fraction of sp³-hybridized carbons (Fsp3) is 0.438. The second kappa shape index (κ2) is 11.7. The third-order valence-corrected chi connectivity index (χ3v) is 8.63. The molecular formula is C32H35F3N6O. The van der Waals surface area contributed by atoms with Gasteiger partial charge in [-0.25, -0.2) is 9.97 Å². The van der Waals surface area contributed by atoms with Crippen LogP contribution in [0.4, 0.5) is 18.9 Å². The molecule has 3 heterocycles. The van der Waals surface area contributed by atoms with Crippen molar-refractivity contribution in [3.8, 4) is 0 Å². The largest absolute Gasteiger partial charge is 0.401 e. The number of carbonyl (C=O) groups excluding carboxylic acids is 1. The molecule has 0 bridgehead atoms. The van der Waals surface area contributed by atoms with Crippen LogP contribution in [0.5, 0.6) is 0 Å². The maximum absolute atomic E-state index is 14.5. The van der Waals surface area contributed by atoms with E-state index in [1.165, 1.54) is 0 Å². The topological polar surface area (TPSA) is 96.5 Å². The molecule has 1 saturated carbocycles. The number of carbonyl (C=O) groups is 1. The lowest BCUT2D eigenvalue weighted by Gasteiger charge is -2.37. The Kier molecular flexibility index (Phi) is 7.88. The van der Waals surface area contributed by atoms with Crippen molar-refractivity contribution < 1.29 is 18.0 Å². The highest BCUT2D eigenvalue weighted by molar-refractivity contribution is 6.11. The number of anilines is 1. The number of hydrogen-bond acceptors (Lipinski definition) is 6. The number of amides is 1. The van der Waals surface area contributed by atoms with Crippen LogP contribution in [-0.2, 0) is 4.79 Å². The van der Waals surface area contributed by atoms with E-state index < -0.39 is 30.5 Å². The van der Waals surface area contributed by atoms with Gasteiger partial charge in [-0.3, -0.25) is 9.79 Å². The summed E-state index contributed by atoms with van der Waals surface area (Å²) in [6, 6.07) is 8.91. The second-order valence-corrected chi connectivity index (χ2v) is 11.5. The van der Waals surface area contributed by atoms with Crippen molar-refractivity contribution in [3.05, 3.63) is 89.2 Å². The summed E-state index contributed by atoms with van der Waals surface area (Å²) in [5, 5.41) is 2.68. The third-order valence-electron chi connectivity index (χ3n) is 8.63. The monoisotopic (exact) mass is 576 g/mol. The first kappa shape index (κ1) is 28.2. The number of nitrogens with zero attached hydrogens (tertiary/aromatic N) is 4. The van der Waals surface area contributed by atoms with Gasteiger partial charge in [0, 0.05) is 42.6 Å². The van der Waals surface area contributed by atoms with Crippen LogP contribution in [0.2, 0.25) is 0 Å². The molecule has 0 radical (unpaired) electrons. The van der Waals surface area contributed by atoms with E-state index in [2.05, 4.69) is 20.2 Å². The normalized spacial score (nSPS) is 24.8. The highest BCUT2D eigenvalue weighted by atomic mass is 19.4. The quantitative estimate of drug-likeness (QED) is 0.447. The summed E-state index contributed by atoms with van der Waals surface area (Å²) in [7, 11) is 0. The molecule has 7 nitrogen and oxygen atoms in total. The summed E-state index contributed by atoms with van der Waals surface area (Å²) in [5.41, 5.74) is 9.46. The van der Waals surface area contributed by atoms with Gasteiger partial charge in [0.25, 0.3) is 0 Å². The number of aromatic nitrogens is 2. The number of halogens is 3. The second-order valence-electron chi connectivity index (χ2n) is 11.5. The van der Waals surface area contributed by atoms with Crippen molar-refractivity contribution in [2.75, 3.05) is 18.0 Å². The lowest BCUT2D eigenvalue weighted by Crippen LogP contribution is -2.48. The molecule has 4 aliphatic rings. The number of allylic oxidation sites excluding steroid dienone is 4. The summed E-state index contributed by atoms with van der Waals surface area (Å²) in [6.07, 6.45) is 9.21. The molecule has 2 saturated heterocycles. The molecule has 10 heteroatoms. The molecule has 3 fully saturated rings. The van der Waals surface area contributed by atoms with E-state index in [-0.39, 0.29) is 23.0 Å². The number of piperidine rings is 2. The minimum Gasteiger partial charge on any atom is -0.401 e. The van der Waals surface area contributed by atoms with Crippen LogP contribution in [0, 0.1) is 11.8 Å². The minimum atomic E-state index is -4.64. The Morgan fingerprint density at radius 3 is 2.40 bits per heavy atom. The number of nitrogens with two attached hydrogens (primary N) is 1. The predicted octanol–water partition coefficient (Wildman–Crippen LogP) is 5.90. The van der Waals surface area contributed by atoms with Crippen LogP contribution in [0.3, 0.4) is 0 Å². The van der Waals surface area contributed by atoms with Gasteiger partial charge in [0.1, 0.15) is 11.7 Å². The summed E-state index contributed by atoms with van der Waals surface area (Å²) in [6.45, 7) is 1.23. The molecular weight excluding hydrogens is 541 g/mol.